The minimum absolute atomic E-state index is 0.158. The summed E-state index contributed by atoms with van der Waals surface area (Å²) in [6, 6.07) is 5.64. The van der Waals surface area contributed by atoms with Crippen LogP contribution in [0.15, 0.2) is 24.3 Å². The minimum Gasteiger partial charge on any atom is -0.465 e. The van der Waals surface area contributed by atoms with Crippen LogP contribution < -0.4 is 4.72 Å². The van der Waals surface area contributed by atoms with Crippen molar-refractivity contribution in [2.24, 2.45) is 0 Å². The second kappa shape index (κ2) is 6.92. The molecule has 118 valence electrons. The monoisotopic (exact) mass is 323 g/mol. The molecule has 0 heterocycles. The maximum Gasteiger partial charge on any atom is 0.337 e. The van der Waals surface area contributed by atoms with E-state index in [4.69, 9.17) is 5.11 Å². The lowest BCUT2D eigenvalue weighted by Crippen LogP contribution is -2.39. The summed E-state index contributed by atoms with van der Waals surface area (Å²) in [6.45, 7) is -2.64. The van der Waals surface area contributed by atoms with Crippen LogP contribution in [0.2, 0.25) is 0 Å². The molecular formula is C12H15F2NO5S. The van der Waals surface area contributed by atoms with E-state index in [0.717, 1.165) is 0 Å². The third-order valence-corrected chi connectivity index (χ3v) is 3.78. The zero-order chi connectivity index (χ0) is 16.1. The van der Waals surface area contributed by atoms with Gasteiger partial charge in [0.2, 0.25) is 10.0 Å². The smallest absolute Gasteiger partial charge is 0.337 e. The molecule has 1 aromatic carbocycles. The number of methoxy groups -OCH3 is 1. The van der Waals surface area contributed by atoms with E-state index in [2.05, 4.69) is 4.74 Å². The molecule has 21 heavy (non-hydrogen) atoms. The molecule has 2 N–H and O–H groups in total. The number of hydrogen-bond acceptors (Lipinski definition) is 5. The Balaban J connectivity index is 2.78. The van der Waals surface area contributed by atoms with Gasteiger partial charge in [0.1, 0.15) is 6.61 Å². The van der Waals surface area contributed by atoms with E-state index in [1.807, 2.05) is 0 Å². The second-order valence-electron chi connectivity index (χ2n) is 4.29. The van der Waals surface area contributed by atoms with Crippen LogP contribution in [0.1, 0.15) is 15.9 Å². The highest BCUT2D eigenvalue weighted by Crippen LogP contribution is 2.13. The molecule has 0 aliphatic carbocycles. The third-order valence-electron chi connectivity index (χ3n) is 2.49. The number of benzene rings is 1. The molecule has 0 saturated heterocycles. The van der Waals surface area contributed by atoms with Crippen LogP contribution in [0.3, 0.4) is 0 Å². The van der Waals surface area contributed by atoms with Gasteiger partial charge in [-0.1, -0.05) is 12.1 Å². The van der Waals surface area contributed by atoms with Crippen LogP contribution in [0.4, 0.5) is 8.78 Å². The standard InChI is InChI=1S/C12H15F2NO5S/c1-20-11(17)10-4-2-3-9(5-10)6-21(18,19)15-7-12(13,14)8-16/h2-5,15-16H,6-8H2,1H3. The fourth-order valence-electron chi connectivity index (χ4n) is 1.45. The first-order valence-electron chi connectivity index (χ1n) is 5.82. The van der Waals surface area contributed by atoms with Crippen molar-refractivity contribution >= 4 is 16.0 Å². The van der Waals surface area contributed by atoms with E-state index in [0.29, 0.717) is 0 Å². The summed E-state index contributed by atoms with van der Waals surface area (Å²) in [7, 11) is -2.84. The summed E-state index contributed by atoms with van der Waals surface area (Å²) in [6.07, 6.45) is 0. The van der Waals surface area contributed by atoms with Crippen molar-refractivity contribution in [2.45, 2.75) is 11.7 Å². The highest BCUT2D eigenvalue weighted by atomic mass is 32.2. The summed E-state index contributed by atoms with van der Waals surface area (Å²) in [5.74, 6) is -4.73. The van der Waals surface area contributed by atoms with Gasteiger partial charge in [0.15, 0.2) is 0 Å². The molecule has 0 aliphatic rings. The van der Waals surface area contributed by atoms with Crippen molar-refractivity contribution in [1.82, 2.24) is 4.72 Å². The number of sulfonamides is 1. The lowest BCUT2D eigenvalue weighted by molar-refractivity contribution is -0.0437. The van der Waals surface area contributed by atoms with Crippen molar-refractivity contribution < 1.29 is 31.8 Å². The Morgan fingerprint density at radius 3 is 2.67 bits per heavy atom. The van der Waals surface area contributed by atoms with Gasteiger partial charge in [-0.3, -0.25) is 0 Å². The number of hydrogen-bond donors (Lipinski definition) is 2. The Labute approximate surface area is 120 Å². The minimum atomic E-state index is -4.02. The van der Waals surface area contributed by atoms with Gasteiger partial charge in [0.25, 0.3) is 5.92 Å². The Morgan fingerprint density at radius 2 is 2.10 bits per heavy atom. The number of alkyl halides is 2. The average Bonchev–Trinajstić information content (AvgIpc) is 2.44. The number of carbonyl (C=O) groups is 1. The van der Waals surface area contributed by atoms with Crippen LogP contribution in [-0.2, 0) is 20.5 Å². The molecule has 0 bridgehead atoms. The molecule has 0 radical (unpaired) electrons. The van der Waals surface area contributed by atoms with Gasteiger partial charge in [-0.05, 0) is 17.7 Å². The fraction of sp³-hybridized carbons (Fsp3) is 0.417. The van der Waals surface area contributed by atoms with Crippen molar-refractivity contribution in [2.75, 3.05) is 20.3 Å². The van der Waals surface area contributed by atoms with Gasteiger partial charge in [-0.2, -0.15) is 0 Å². The molecule has 9 heteroatoms. The van der Waals surface area contributed by atoms with Gasteiger partial charge >= 0.3 is 5.97 Å². The lowest BCUT2D eigenvalue weighted by atomic mass is 10.1. The number of aliphatic hydroxyl groups is 1. The van der Waals surface area contributed by atoms with E-state index in [1.165, 1.54) is 31.4 Å². The second-order valence-corrected chi connectivity index (χ2v) is 6.09. The fourth-order valence-corrected chi connectivity index (χ4v) is 2.60. The van der Waals surface area contributed by atoms with Gasteiger partial charge in [0, 0.05) is 0 Å². The Kier molecular flexibility index (Phi) is 5.76. The summed E-state index contributed by atoms with van der Waals surface area (Å²) in [5, 5.41) is 8.37. The molecule has 0 saturated carbocycles. The topological polar surface area (TPSA) is 92.7 Å². The predicted octanol–water partition coefficient (Wildman–Crippen LogP) is 0.520. The van der Waals surface area contributed by atoms with Crippen LogP contribution in [0, 0.1) is 0 Å². The average molecular weight is 323 g/mol. The molecule has 0 fully saturated rings. The summed E-state index contributed by atoms with van der Waals surface area (Å²) in [4.78, 5) is 11.3. The first kappa shape index (κ1) is 17.5. The first-order chi connectivity index (χ1) is 9.69. The number of halogens is 2. The highest BCUT2D eigenvalue weighted by molar-refractivity contribution is 7.88. The van der Waals surface area contributed by atoms with E-state index in [1.54, 1.807) is 4.72 Å². The maximum absolute atomic E-state index is 12.8. The molecule has 0 spiro atoms. The summed E-state index contributed by atoms with van der Waals surface area (Å²) < 4.78 is 55.1. The van der Waals surface area contributed by atoms with E-state index < -0.39 is 40.8 Å². The molecule has 0 aromatic heterocycles. The zero-order valence-electron chi connectivity index (χ0n) is 11.2. The quantitative estimate of drug-likeness (QED) is 0.714. The molecule has 0 atom stereocenters. The first-order valence-corrected chi connectivity index (χ1v) is 7.47. The number of carbonyl (C=O) groups excluding carboxylic acids is 1. The largest absolute Gasteiger partial charge is 0.465 e. The van der Waals surface area contributed by atoms with Crippen LogP contribution in [0.25, 0.3) is 0 Å². The van der Waals surface area contributed by atoms with Crippen LogP contribution >= 0.6 is 0 Å². The van der Waals surface area contributed by atoms with E-state index >= 15 is 0 Å². The van der Waals surface area contributed by atoms with Gasteiger partial charge < -0.3 is 9.84 Å². The van der Waals surface area contributed by atoms with Crippen molar-refractivity contribution in [1.29, 1.82) is 0 Å². The number of rotatable bonds is 7. The lowest BCUT2D eigenvalue weighted by Gasteiger charge is -2.14. The van der Waals surface area contributed by atoms with Crippen LogP contribution in [0.5, 0.6) is 0 Å². The van der Waals surface area contributed by atoms with Crippen molar-refractivity contribution in [3.05, 3.63) is 35.4 Å². The number of aliphatic hydroxyl groups excluding tert-OH is 1. The molecule has 1 aromatic rings. The summed E-state index contributed by atoms with van der Waals surface area (Å²) in [5.41, 5.74) is 0.406. The van der Waals surface area contributed by atoms with Crippen LogP contribution in [-0.4, -0.2) is 45.7 Å². The van der Waals surface area contributed by atoms with Gasteiger partial charge in [0.05, 0.1) is 25.0 Å². The maximum atomic E-state index is 12.8. The zero-order valence-corrected chi connectivity index (χ0v) is 12.0. The molecule has 0 amide bonds. The molecule has 1 rings (SSSR count). The van der Waals surface area contributed by atoms with Gasteiger partial charge in [-0.25, -0.2) is 26.7 Å². The van der Waals surface area contributed by atoms with Crippen molar-refractivity contribution in [3.63, 3.8) is 0 Å². The van der Waals surface area contributed by atoms with E-state index in [9.17, 15) is 22.0 Å². The Morgan fingerprint density at radius 1 is 1.43 bits per heavy atom. The summed E-state index contributed by atoms with van der Waals surface area (Å²) >= 11 is 0. The molecule has 0 unspecified atom stereocenters. The highest BCUT2D eigenvalue weighted by Gasteiger charge is 2.29. The number of esters is 1. The molecule has 6 nitrogen and oxygen atoms in total. The Hall–Kier alpha value is -1.58. The molecule has 0 aliphatic heterocycles. The molecular weight excluding hydrogens is 308 g/mol. The third kappa shape index (κ3) is 5.74. The van der Waals surface area contributed by atoms with Crippen molar-refractivity contribution in [3.8, 4) is 0 Å². The predicted molar refractivity (Wildman–Crippen MR) is 70.4 cm³/mol. The SMILES string of the molecule is COC(=O)c1cccc(CS(=O)(=O)NCC(F)(F)CO)c1. The number of ether oxygens (including phenoxy) is 1. The normalized spacial score (nSPS) is 12.2. The van der Waals surface area contributed by atoms with Gasteiger partial charge in [-0.15, -0.1) is 0 Å². The number of nitrogens with one attached hydrogen (secondary N) is 1. The van der Waals surface area contributed by atoms with E-state index in [-0.39, 0.29) is 11.1 Å². The Bertz CT molecular complexity index is 603.